The van der Waals surface area contributed by atoms with E-state index in [2.05, 4.69) is 5.32 Å². The van der Waals surface area contributed by atoms with E-state index in [-0.39, 0.29) is 29.2 Å². The van der Waals surface area contributed by atoms with Gasteiger partial charge in [-0.3, -0.25) is 13.9 Å². The molecular formula is C24H31Cl2N3O4S. The highest BCUT2D eigenvalue weighted by Crippen LogP contribution is 2.30. The normalized spacial score (nSPS) is 13.1. The van der Waals surface area contributed by atoms with E-state index >= 15 is 0 Å². The van der Waals surface area contributed by atoms with E-state index < -0.39 is 28.5 Å². The summed E-state index contributed by atoms with van der Waals surface area (Å²) in [5.74, 6) is -0.851. The van der Waals surface area contributed by atoms with Crippen LogP contribution < -0.4 is 9.62 Å². The quantitative estimate of drug-likeness (QED) is 0.495. The zero-order chi connectivity index (χ0) is 25.6. The zero-order valence-corrected chi connectivity index (χ0v) is 22.3. The molecule has 0 saturated heterocycles. The van der Waals surface area contributed by atoms with Crippen molar-refractivity contribution in [1.29, 1.82) is 0 Å². The lowest BCUT2D eigenvalue weighted by atomic mass is 10.1. The monoisotopic (exact) mass is 527 g/mol. The molecule has 34 heavy (non-hydrogen) atoms. The fourth-order valence-corrected chi connectivity index (χ4v) is 4.76. The van der Waals surface area contributed by atoms with Gasteiger partial charge in [-0.2, -0.15) is 0 Å². The van der Waals surface area contributed by atoms with Gasteiger partial charge >= 0.3 is 0 Å². The van der Waals surface area contributed by atoms with Crippen LogP contribution in [0.4, 0.5) is 5.69 Å². The minimum Gasteiger partial charge on any atom is -0.352 e. The van der Waals surface area contributed by atoms with Crippen molar-refractivity contribution in [3.05, 3.63) is 63.6 Å². The Labute approximate surface area is 212 Å². The van der Waals surface area contributed by atoms with Crippen molar-refractivity contribution < 1.29 is 18.0 Å². The molecule has 0 fully saturated rings. The number of nitrogens with one attached hydrogen (secondary N) is 1. The first-order valence-electron chi connectivity index (χ1n) is 10.9. The summed E-state index contributed by atoms with van der Waals surface area (Å²) in [6.45, 7) is 7.01. The Hall–Kier alpha value is -2.29. The number of carbonyl (C=O) groups is 2. The van der Waals surface area contributed by atoms with Gasteiger partial charge in [0.25, 0.3) is 0 Å². The molecule has 0 aliphatic carbocycles. The van der Waals surface area contributed by atoms with E-state index in [4.69, 9.17) is 23.2 Å². The molecule has 0 bridgehead atoms. The number of benzene rings is 2. The van der Waals surface area contributed by atoms with Crippen molar-refractivity contribution in [3.8, 4) is 0 Å². The molecule has 2 amide bonds. The second-order valence-corrected chi connectivity index (χ2v) is 11.1. The Balaban J connectivity index is 2.42. The summed E-state index contributed by atoms with van der Waals surface area (Å²) >= 11 is 12.2. The number of halogens is 2. The smallest absolute Gasteiger partial charge is 0.244 e. The average Bonchev–Trinajstić information content (AvgIpc) is 2.74. The van der Waals surface area contributed by atoms with Crippen molar-refractivity contribution in [2.24, 2.45) is 0 Å². The maximum atomic E-state index is 13.5. The van der Waals surface area contributed by atoms with Crippen LogP contribution in [0.5, 0.6) is 0 Å². The minimum atomic E-state index is -3.87. The molecule has 0 heterocycles. The summed E-state index contributed by atoms with van der Waals surface area (Å²) in [5, 5.41) is 3.33. The van der Waals surface area contributed by atoms with Crippen LogP contribution in [0.2, 0.25) is 10.0 Å². The van der Waals surface area contributed by atoms with E-state index in [1.54, 1.807) is 6.92 Å². The minimum absolute atomic E-state index is 0.0636. The van der Waals surface area contributed by atoms with Crippen molar-refractivity contribution in [2.45, 2.75) is 52.7 Å². The number of hydrogen-bond acceptors (Lipinski definition) is 4. The molecule has 7 nitrogen and oxygen atoms in total. The molecule has 0 spiro atoms. The molecule has 0 aliphatic heterocycles. The van der Waals surface area contributed by atoms with Gasteiger partial charge in [0.1, 0.15) is 12.6 Å². The number of rotatable bonds is 10. The summed E-state index contributed by atoms with van der Waals surface area (Å²) in [6, 6.07) is 11.0. The number of anilines is 1. The molecule has 0 aromatic heterocycles. The molecule has 0 saturated carbocycles. The molecule has 0 unspecified atom stereocenters. The summed E-state index contributed by atoms with van der Waals surface area (Å²) in [6.07, 6.45) is 1.73. The first-order valence-corrected chi connectivity index (χ1v) is 13.5. The van der Waals surface area contributed by atoms with Crippen molar-refractivity contribution in [3.63, 3.8) is 0 Å². The second-order valence-electron chi connectivity index (χ2n) is 8.37. The van der Waals surface area contributed by atoms with Gasteiger partial charge in [-0.1, -0.05) is 60.0 Å². The van der Waals surface area contributed by atoms with E-state index in [0.29, 0.717) is 5.02 Å². The van der Waals surface area contributed by atoms with Crippen LogP contribution in [0, 0.1) is 6.92 Å². The lowest BCUT2D eigenvalue weighted by Crippen LogP contribution is -2.52. The number of nitrogens with zero attached hydrogens (tertiary/aromatic N) is 2. The Morgan fingerprint density at radius 2 is 1.76 bits per heavy atom. The molecule has 0 radical (unpaired) electrons. The predicted octanol–water partition coefficient (Wildman–Crippen LogP) is 4.40. The third-order valence-corrected chi connectivity index (χ3v) is 7.13. The third kappa shape index (κ3) is 7.61. The van der Waals surface area contributed by atoms with Crippen molar-refractivity contribution in [2.75, 3.05) is 17.1 Å². The van der Waals surface area contributed by atoms with E-state index in [1.165, 1.54) is 23.1 Å². The Bertz CT molecular complexity index is 1140. The maximum absolute atomic E-state index is 13.5. The van der Waals surface area contributed by atoms with Crippen LogP contribution in [-0.2, 0) is 26.2 Å². The summed E-state index contributed by atoms with van der Waals surface area (Å²) < 4.78 is 26.1. The van der Waals surface area contributed by atoms with Crippen LogP contribution in [-0.4, -0.2) is 50.0 Å². The van der Waals surface area contributed by atoms with Gasteiger partial charge in [0, 0.05) is 17.6 Å². The van der Waals surface area contributed by atoms with Crippen molar-refractivity contribution in [1.82, 2.24) is 10.2 Å². The Morgan fingerprint density at radius 1 is 1.09 bits per heavy atom. The SMILES string of the molecule is CC[C@H](C)NC(=O)[C@H](C)N(Cc1cccc(C)c1)C(=O)CN(c1ccc(Cl)cc1Cl)S(C)(=O)=O. The van der Waals surface area contributed by atoms with E-state index in [9.17, 15) is 18.0 Å². The average molecular weight is 529 g/mol. The highest BCUT2D eigenvalue weighted by molar-refractivity contribution is 7.92. The van der Waals surface area contributed by atoms with Gasteiger partial charge in [-0.05, 0) is 51.0 Å². The van der Waals surface area contributed by atoms with E-state index in [0.717, 1.165) is 28.1 Å². The fourth-order valence-electron chi connectivity index (χ4n) is 3.33. The number of amides is 2. The van der Waals surface area contributed by atoms with Crippen LogP contribution in [0.3, 0.4) is 0 Å². The van der Waals surface area contributed by atoms with Gasteiger partial charge in [0.05, 0.1) is 17.0 Å². The lowest BCUT2D eigenvalue weighted by molar-refractivity contribution is -0.139. The number of sulfonamides is 1. The first kappa shape index (κ1) is 28.0. The van der Waals surface area contributed by atoms with Crippen LogP contribution in [0.1, 0.15) is 38.3 Å². The van der Waals surface area contributed by atoms with E-state index in [1.807, 2.05) is 45.0 Å². The van der Waals surface area contributed by atoms with Gasteiger partial charge in [-0.25, -0.2) is 8.42 Å². The largest absolute Gasteiger partial charge is 0.352 e. The lowest BCUT2D eigenvalue weighted by Gasteiger charge is -2.32. The van der Waals surface area contributed by atoms with Gasteiger partial charge < -0.3 is 10.2 Å². The molecule has 2 aromatic carbocycles. The summed E-state index contributed by atoms with van der Waals surface area (Å²) in [5.41, 5.74) is 1.97. The first-order chi connectivity index (χ1) is 15.8. The molecule has 2 rings (SSSR count). The third-order valence-electron chi connectivity index (χ3n) is 5.46. The van der Waals surface area contributed by atoms with Crippen LogP contribution >= 0.6 is 23.2 Å². The second kappa shape index (κ2) is 11.9. The van der Waals surface area contributed by atoms with Crippen LogP contribution in [0.15, 0.2) is 42.5 Å². The maximum Gasteiger partial charge on any atom is 0.244 e. The summed E-state index contributed by atoms with van der Waals surface area (Å²) in [4.78, 5) is 27.8. The molecular weight excluding hydrogens is 497 g/mol. The molecule has 0 aliphatic rings. The number of hydrogen-bond donors (Lipinski definition) is 1. The number of carbonyl (C=O) groups excluding carboxylic acids is 2. The topological polar surface area (TPSA) is 86.8 Å². The summed E-state index contributed by atoms with van der Waals surface area (Å²) in [7, 11) is -3.87. The Kier molecular flexibility index (Phi) is 9.79. The van der Waals surface area contributed by atoms with Gasteiger partial charge in [0.2, 0.25) is 21.8 Å². The molecule has 2 atom stereocenters. The van der Waals surface area contributed by atoms with Crippen molar-refractivity contribution >= 4 is 50.7 Å². The van der Waals surface area contributed by atoms with Gasteiger partial charge in [-0.15, -0.1) is 0 Å². The Morgan fingerprint density at radius 3 is 2.32 bits per heavy atom. The number of aryl methyl sites for hydroxylation is 1. The fraction of sp³-hybridized carbons (Fsp3) is 0.417. The molecule has 186 valence electrons. The standard InChI is InChI=1S/C24H31Cl2N3O4S/c1-6-17(3)27-24(31)18(4)28(14-19-9-7-8-16(2)12-19)23(30)15-29(34(5,32)33)22-11-10-20(25)13-21(22)26/h7-13,17-18H,6,14-15H2,1-5H3,(H,27,31)/t17-,18-/m0/s1. The van der Waals surface area contributed by atoms with Crippen LogP contribution in [0.25, 0.3) is 0 Å². The zero-order valence-electron chi connectivity index (χ0n) is 20.0. The molecule has 10 heteroatoms. The molecule has 2 aromatic rings. The van der Waals surface area contributed by atoms with Gasteiger partial charge in [0.15, 0.2) is 0 Å². The highest BCUT2D eigenvalue weighted by atomic mass is 35.5. The highest BCUT2D eigenvalue weighted by Gasteiger charge is 2.31. The predicted molar refractivity (Wildman–Crippen MR) is 138 cm³/mol. The molecule has 1 N–H and O–H groups in total.